The third kappa shape index (κ3) is 5.38. The van der Waals surface area contributed by atoms with Crippen molar-refractivity contribution in [2.45, 2.75) is 32.9 Å². The molecule has 0 radical (unpaired) electrons. The summed E-state index contributed by atoms with van der Waals surface area (Å²) < 4.78 is 3.42. The summed E-state index contributed by atoms with van der Waals surface area (Å²) in [5.74, 6) is -0.263. The summed E-state index contributed by atoms with van der Waals surface area (Å²) in [5, 5.41) is 12.0. The first-order valence-electron chi connectivity index (χ1n) is 10.6. The van der Waals surface area contributed by atoms with Gasteiger partial charge in [-0.1, -0.05) is 41.9 Å². The van der Waals surface area contributed by atoms with E-state index in [4.69, 9.17) is 11.6 Å². The molecule has 2 heterocycles. The molecule has 2 aromatic carbocycles. The van der Waals surface area contributed by atoms with Crippen molar-refractivity contribution in [2.75, 3.05) is 0 Å². The lowest BCUT2D eigenvalue weighted by Crippen LogP contribution is -2.22. The molecule has 1 N–H and O–H groups in total. The molecule has 168 valence electrons. The Bertz CT molecular complexity index is 1290. The Morgan fingerprint density at radius 1 is 1.00 bits per heavy atom. The molecular weight excluding hydrogens is 438 g/mol. The average Bonchev–Trinajstić information content (AvgIpc) is 3.49. The molecule has 0 aliphatic heterocycles. The molecule has 0 saturated heterocycles. The minimum atomic E-state index is -0.254. The van der Waals surface area contributed by atoms with Crippen molar-refractivity contribution in [2.24, 2.45) is 0 Å². The van der Waals surface area contributed by atoms with E-state index in [1.54, 1.807) is 41.3 Å². The lowest BCUT2D eigenvalue weighted by molar-refractivity contribution is 0.0949. The maximum absolute atomic E-state index is 12.8. The van der Waals surface area contributed by atoms with Gasteiger partial charge in [-0.2, -0.15) is 10.2 Å². The number of carbonyl (C=O) groups excluding carboxylic acids is 2. The summed E-state index contributed by atoms with van der Waals surface area (Å²) in [4.78, 5) is 25.3. The minimum absolute atomic E-state index is 0.00924. The molecule has 4 rings (SSSR count). The van der Waals surface area contributed by atoms with Crippen LogP contribution >= 0.6 is 11.6 Å². The number of amides is 1. The van der Waals surface area contributed by atoms with E-state index >= 15 is 0 Å². The van der Waals surface area contributed by atoms with Crippen LogP contribution in [0, 0.1) is 0 Å². The Morgan fingerprint density at radius 3 is 2.58 bits per heavy atom. The van der Waals surface area contributed by atoms with Crippen LogP contribution in [-0.2, 0) is 13.0 Å². The highest BCUT2D eigenvalue weighted by Gasteiger charge is 2.13. The molecule has 8 heteroatoms. The fraction of sp³-hybridized carbons (Fsp3) is 0.200. The quantitative estimate of drug-likeness (QED) is 0.387. The molecule has 0 aliphatic rings. The van der Waals surface area contributed by atoms with Crippen molar-refractivity contribution in [3.05, 3.63) is 101 Å². The number of ketones is 1. The van der Waals surface area contributed by atoms with Crippen LogP contribution in [0.5, 0.6) is 0 Å². The van der Waals surface area contributed by atoms with Crippen molar-refractivity contribution >= 4 is 23.3 Å². The first-order chi connectivity index (χ1) is 15.9. The Kier molecular flexibility index (Phi) is 6.70. The van der Waals surface area contributed by atoms with Gasteiger partial charge in [0.2, 0.25) is 0 Å². The summed E-state index contributed by atoms with van der Waals surface area (Å²) in [6, 6.07) is 14.8. The standard InChI is InChI=1S/C25H24ClN5O2/c1-17(2)30-15-18(12-28-30)10-24(32)19-7-5-8-22(11-19)31-16-21(14-29-31)25(33)27-13-20-6-3-4-9-23(20)26/h3-9,11-12,14-17H,10,13H2,1-2H3,(H,27,33). The van der Waals surface area contributed by atoms with Crippen molar-refractivity contribution in [1.82, 2.24) is 24.9 Å². The van der Waals surface area contributed by atoms with Gasteiger partial charge in [-0.05, 0) is 43.2 Å². The Labute approximate surface area is 197 Å². The summed E-state index contributed by atoms with van der Waals surface area (Å²) in [7, 11) is 0. The van der Waals surface area contributed by atoms with Gasteiger partial charge in [0.15, 0.2) is 5.78 Å². The fourth-order valence-corrected chi connectivity index (χ4v) is 3.56. The molecule has 1 amide bonds. The lowest BCUT2D eigenvalue weighted by Gasteiger charge is -2.06. The van der Waals surface area contributed by atoms with Crippen LogP contribution in [0.1, 0.15) is 51.7 Å². The second-order valence-electron chi connectivity index (χ2n) is 8.02. The summed E-state index contributed by atoms with van der Waals surface area (Å²) in [5.41, 5.74) is 3.40. The molecule has 4 aromatic rings. The monoisotopic (exact) mass is 461 g/mol. The van der Waals surface area contributed by atoms with Crippen LogP contribution in [0.2, 0.25) is 5.02 Å². The highest BCUT2D eigenvalue weighted by Crippen LogP contribution is 2.16. The van der Waals surface area contributed by atoms with Gasteiger partial charge in [-0.25, -0.2) is 4.68 Å². The van der Waals surface area contributed by atoms with Crippen molar-refractivity contribution in [1.29, 1.82) is 0 Å². The predicted molar refractivity (Wildman–Crippen MR) is 127 cm³/mol. The smallest absolute Gasteiger partial charge is 0.254 e. The largest absolute Gasteiger partial charge is 0.348 e. The highest BCUT2D eigenvalue weighted by atomic mass is 35.5. The van der Waals surface area contributed by atoms with E-state index in [1.165, 1.54) is 6.20 Å². The van der Waals surface area contributed by atoms with Gasteiger partial charge in [-0.15, -0.1) is 0 Å². The molecule has 0 unspecified atom stereocenters. The Morgan fingerprint density at radius 2 is 1.82 bits per heavy atom. The summed E-state index contributed by atoms with van der Waals surface area (Å²) in [6.07, 6.45) is 7.02. The number of nitrogens with zero attached hydrogens (tertiary/aromatic N) is 4. The summed E-state index contributed by atoms with van der Waals surface area (Å²) >= 11 is 6.14. The molecule has 0 aliphatic carbocycles. The predicted octanol–water partition coefficient (Wildman–Crippen LogP) is 4.66. The molecular formula is C25H24ClN5O2. The number of hydrogen-bond donors (Lipinski definition) is 1. The topological polar surface area (TPSA) is 81.8 Å². The second kappa shape index (κ2) is 9.83. The Balaban J connectivity index is 1.43. The third-order valence-corrected chi connectivity index (χ3v) is 5.59. The normalized spacial score (nSPS) is 11.0. The number of hydrogen-bond acceptors (Lipinski definition) is 4. The van der Waals surface area contributed by atoms with Crippen LogP contribution < -0.4 is 5.32 Å². The molecule has 33 heavy (non-hydrogen) atoms. The van der Waals surface area contributed by atoms with E-state index in [1.807, 2.05) is 49.0 Å². The molecule has 0 atom stereocenters. The van der Waals surface area contributed by atoms with Gasteiger partial charge in [0.05, 0.1) is 23.6 Å². The van der Waals surface area contributed by atoms with Crippen molar-refractivity contribution < 1.29 is 9.59 Å². The second-order valence-corrected chi connectivity index (χ2v) is 8.43. The molecule has 0 bridgehead atoms. The zero-order chi connectivity index (χ0) is 23.4. The lowest BCUT2D eigenvalue weighted by atomic mass is 10.0. The van der Waals surface area contributed by atoms with Crippen LogP contribution in [0.3, 0.4) is 0 Å². The maximum Gasteiger partial charge on any atom is 0.254 e. The number of carbonyl (C=O) groups is 2. The van der Waals surface area contributed by atoms with E-state index in [0.29, 0.717) is 28.4 Å². The minimum Gasteiger partial charge on any atom is -0.348 e. The molecule has 0 spiro atoms. The first-order valence-corrected chi connectivity index (χ1v) is 11.0. The number of Topliss-reactive ketones (excluding diaryl/α,β-unsaturated/α-hetero) is 1. The van der Waals surface area contributed by atoms with Crippen molar-refractivity contribution in [3.8, 4) is 5.69 Å². The van der Waals surface area contributed by atoms with E-state index in [-0.39, 0.29) is 24.2 Å². The zero-order valence-corrected chi connectivity index (χ0v) is 19.2. The molecule has 0 fully saturated rings. The number of rotatable bonds is 8. The van der Waals surface area contributed by atoms with E-state index in [9.17, 15) is 9.59 Å². The number of benzene rings is 2. The van der Waals surface area contributed by atoms with E-state index in [0.717, 1.165) is 11.1 Å². The first kappa shape index (κ1) is 22.5. The number of aromatic nitrogens is 4. The molecule has 0 saturated carbocycles. The summed E-state index contributed by atoms with van der Waals surface area (Å²) in [6.45, 7) is 4.40. The average molecular weight is 462 g/mol. The highest BCUT2D eigenvalue weighted by molar-refractivity contribution is 6.31. The molecule has 7 nitrogen and oxygen atoms in total. The van der Waals surface area contributed by atoms with Crippen LogP contribution in [0.15, 0.2) is 73.3 Å². The fourth-order valence-electron chi connectivity index (χ4n) is 3.36. The van der Waals surface area contributed by atoms with Gasteiger partial charge in [0.25, 0.3) is 5.91 Å². The van der Waals surface area contributed by atoms with Crippen molar-refractivity contribution in [3.63, 3.8) is 0 Å². The van der Waals surface area contributed by atoms with Crippen LogP contribution in [0.25, 0.3) is 5.69 Å². The zero-order valence-electron chi connectivity index (χ0n) is 18.4. The van der Waals surface area contributed by atoms with Crippen LogP contribution in [0.4, 0.5) is 0 Å². The van der Waals surface area contributed by atoms with E-state index < -0.39 is 0 Å². The third-order valence-electron chi connectivity index (χ3n) is 5.22. The Hall–Kier alpha value is -3.71. The van der Waals surface area contributed by atoms with Crippen LogP contribution in [-0.4, -0.2) is 31.3 Å². The van der Waals surface area contributed by atoms with Gasteiger partial charge in [-0.3, -0.25) is 14.3 Å². The SMILES string of the molecule is CC(C)n1cc(CC(=O)c2cccc(-n3cc(C(=O)NCc4ccccc4Cl)cn3)c2)cn1. The van der Waals surface area contributed by atoms with Gasteiger partial charge in [0, 0.05) is 42.0 Å². The molecule has 2 aromatic heterocycles. The number of nitrogens with one attached hydrogen (secondary N) is 1. The number of halogens is 1. The maximum atomic E-state index is 12.8. The van der Waals surface area contributed by atoms with Gasteiger partial charge in [0.1, 0.15) is 0 Å². The van der Waals surface area contributed by atoms with E-state index in [2.05, 4.69) is 15.5 Å². The van der Waals surface area contributed by atoms with Gasteiger partial charge < -0.3 is 5.32 Å². The van der Waals surface area contributed by atoms with Gasteiger partial charge >= 0.3 is 0 Å².